The van der Waals surface area contributed by atoms with Gasteiger partial charge in [-0.3, -0.25) is 0 Å². The van der Waals surface area contributed by atoms with E-state index in [0.29, 0.717) is 0 Å². The molecule has 1 saturated heterocycles. The second-order valence-electron chi connectivity index (χ2n) is 2.41. The van der Waals surface area contributed by atoms with Gasteiger partial charge in [0.25, 0.3) is 0 Å². The van der Waals surface area contributed by atoms with Crippen molar-refractivity contribution in [1.82, 2.24) is 0 Å². The van der Waals surface area contributed by atoms with Crippen LogP contribution in [0.2, 0.25) is 0 Å². The quantitative estimate of drug-likeness (QED) is 0.554. The second kappa shape index (κ2) is 2.71. The van der Waals surface area contributed by atoms with Gasteiger partial charge in [0.05, 0.1) is 0 Å². The highest BCUT2D eigenvalue weighted by Crippen LogP contribution is 2.53. The summed E-state index contributed by atoms with van der Waals surface area (Å²) in [6.07, 6.45) is -7.66. The van der Waals surface area contributed by atoms with Crippen LogP contribution in [0.25, 0.3) is 0 Å². The molecule has 0 saturated carbocycles. The summed E-state index contributed by atoms with van der Waals surface area (Å²) >= 11 is -0.286. The van der Waals surface area contributed by atoms with E-state index in [2.05, 4.69) is 0 Å². The van der Waals surface area contributed by atoms with Gasteiger partial charge in [-0.1, -0.05) is 11.8 Å². The van der Waals surface area contributed by atoms with Crippen molar-refractivity contribution in [3.8, 4) is 0 Å². The van der Waals surface area contributed by atoms with Crippen LogP contribution in [0.1, 0.15) is 0 Å². The van der Waals surface area contributed by atoms with Crippen molar-refractivity contribution < 1.29 is 26.3 Å². The molecule has 1 aliphatic heterocycles. The number of rotatable bonds is 0. The highest BCUT2D eigenvalue weighted by molar-refractivity contribution is 8.00. The van der Waals surface area contributed by atoms with Gasteiger partial charge in [-0.25, -0.2) is 4.39 Å². The van der Waals surface area contributed by atoms with Gasteiger partial charge in [0.2, 0.25) is 0 Å². The zero-order chi connectivity index (χ0) is 9.57. The van der Waals surface area contributed by atoms with Crippen LogP contribution >= 0.6 is 11.8 Å². The summed E-state index contributed by atoms with van der Waals surface area (Å²) in [5.41, 5.74) is 0. The maximum Gasteiger partial charge on any atom is 0.401 e. The number of alkyl halides is 6. The lowest BCUT2D eigenvalue weighted by Crippen LogP contribution is -2.38. The molecule has 0 spiro atoms. The molecule has 0 aromatic carbocycles. The van der Waals surface area contributed by atoms with Crippen LogP contribution in [0.3, 0.4) is 0 Å². The van der Waals surface area contributed by atoms with Gasteiger partial charge in [0, 0.05) is 5.75 Å². The summed E-state index contributed by atoms with van der Waals surface area (Å²) in [6, 6.07) is 0. The van der Waals surface area contributed by atoms with Gasteiger partial charge >= 0.3 is 11.4 Å². The fourth-order valence-corrected chi connectivity index (χ4v) is 2.02. The molecule has 0 aromatic rings. The van der Waals surface area contributed by atoms with Gasteiger partial charge < -0.3 is 0 Å². The molecule has 0 aromatic heterocycles. The molecule has 1 heterocycles. The van der Waals surface area contributed by atoms with Crippen molar-refractivity contribution in [2.24, 2.45) is 5.92 Å². The molecule has 1 rings (SSSR count). The zero-order valence-electron chi connectivity index (χ0n) is 5.54. The molecule has 12 heavy (non-hydrogen) atoms. The molecule has 1 fully saturated rings. The summed E-state index contributed by atoms with van der Waals surface area (Å²) in [6.45, 7) is 0. The van der Waals surface area contributed by atoms with E-state index in [1.165, 1.54) is 0 Å². The third kappa shape index (κ3) is 1.65. The Kier molecular flexibility index (Phi) is 2.26. The van der Waals surface area contributed by atoms with Gasteiger partial charge in [-0.2, -0.15) is 22.0 Å². The van der Waals surface area contributed by atoms with Crippen molar-refractivity contribution in [3.05, 3.63) is 0 Å². The average Bonchev–Trinajstić information content (AvgIpc) is 2.03. The van der Waals surface area contributed by atoms with E-state index >= 15 is 0 Å². The average molecular weight is 210 g/mol. The Labute approximate surface area is 68.3 Å². The summed E-state index contributed by atoms with van der Waals surface area (Å²) in [5, 5.41) is -4.02. The van der Waals surface area contributed by atoms with Crippen molar-refractivity contribution in [2.45, 2.75) is 17.6 Å². The minimum atomic E-state index is -5.16. The molecule has 1 aliphatic rings. The van der Waals surface area contributed by atoms with Gasteiger partial charge in [-0.05, 0) is 0 Å². The fraction of sp³-hybridized carbons (Fsp3) is 1.00. The van der Waals surface area contributed by atoms with Crippen LogP contribution in [-0.4, -0.2) is 23.4 Å². The number of hydrogen-bond donors (Lipinski definition) is 0. The molecular formula is C5H4F6S. The Balaban J connectivity index is 2.86. The molecule has 0 aliphatic carbocycles. The number of thioether (sulfide) groups is 1. The summed E-state index contributed by atoms with van der Waals surface area (Å²) in [5.74, 6) is -3.94. The molecule has 72 valence electrons. The van der Waals surface area contributed by atoms with Crippen LogP contribution in [0.4, 0.5) is 26.3 Å². The molecule has 2 atom stereocenters. The van der Waals surface area contributed by atoms with Gasteiger partial charge in [0.15, 0.2) is 5.92 Å². The third-order valence-corrected chi connectivity index (χ3v) is 2.64. The Morgan fingerprint density at radius 1 is 1.25 bits per heavy atom. The monoisotopic (exact) mass is 210 g/mol. The first-order valence-corrected chi connectivity index (χ1v) is 3.96. The highest BCUT2D eigenvalue weighted by Gasteiger charge is 2.64. The Morgan fingerprint density at radius 2 is 1.75 bits per heavy atom. The molecule has 7 heteroatoms. The van der Waals surface area contributed by atoms with Crippen LogP contribution in [0.5, 0.6) is 0 Å². The standard InChI is InChI=1S/C5H4F6S/c6-2-1-12-5(10,11)3(2)4(7,8)9/h2-3H,1H2. The van der Waals surface area contributed by atoms with E-state index in [4.69, 9.17) is 0 Å². The smallest absolute Gasteiger partial charge is 0.246 e. The number of hydrogen-bond acceptors (Lipinski definition) is 1. The van der Waals surface area contributed by atoms with E-state index in [9.17, 15) is 26.3 Å². The topological polar surface area (TPSA) is 0 Å². The Hall–Kier alpha value is -0.0700. The van der Waals surface area contributed by atoms with Crippen molar-refractivity contribution in [3.63, 3.8) is 0 Å². The van der Waals surface area contributed by atoms with Crippen LogP contribution in [0, 0.1) is 5.92 Å². The first kappa shape index (κ1) is 10.0. The minimum absolute atomic E-state index is 0.286. The molecule has 0 bridgehead atoms. The van der Waals surface area contributed by atoms with Gasteiger partial charge in [-0.15, -0.1) is 0 Å². The predicted octanol–water partition coefficient (Wildman–Crippen LogP) is 2.84. The Bertz CT molecular complexity index is 175. The summed E-state index contributed by atoms with van der Waals surface area (Å²) < 4.78 is 72.4. The molecule has 0 radical (unpaired) electrons. The largest absolute Gasteiger partial charge is 0.401 e. The fourth-order valence-electron chi connectivity index (χ4n) is 0.983. The van der Waals surface area contributed by atoms with E-state index in [1.807, 2.05) is 0 Å². The van der Waals surface area contributed by atoms with Crippen LogP contribution < -0.4 is 0 Å². The van der Waals surface area contributed by atoms with E-state index < -0.39 is 29.3 Å². The van der Waals surface area contributed by atoms with Crippen molar-refractivity contribution in [1.29, 1.82) is 0 Å². The first-order chi connectivity index (χ1) is 5.25. The lowest BCUT2D eigenvalue weighted by Gasteiger charge is -2.21. The lowest BCUT2D eigenvalue weighted by atomic mass is 10.1. The maximum atomic E-state index is 12.4. The molecule has 0 nitrogen and oxygen atoms in total. The van der Waals surface area contributed by atoms with E-state index in [-0.39, 0.29) is 11.8 Å². The summed E-state index contributed by atoms with van der Waals surface area (Å²) in [4.78, 5) is 0. The normalized spacial score (nSPS) is 35.5. The second-order valence-corrected chi connectivity index (χ2v) is 3.57. The molecule has 2 unspecified atom stereocenters. The maximum absolute atomic E-state index is 12.4. The molecular weight excluding hydrogens is 206 g/mol. The number of halogens is 6. The SMILES string of the molecule is FC1CSC(F)(F)C1C(F)(F)F. The molecule has 0 N–H and O–H groups in total. The predicted molar refractivity (Wildman–Crippen MR) is 31.8 cm³/mol. The van der Waals surface area contributed by atoms with E-state index in [0.717, 1.165) is 0 Å². The van der Waals surface area contributed by atoms with Crippen LogP contribution in [0.15, 0.2) is 0 Å². The minimum Gasteiger partial charge on any atom is -0.246 e. The Morgan fingerprint density at radius 3 is 1.92 bits per heavy atom. The highest BCUT2D eigenvalue weighted by atomic mass is 32.2. The lowest BCUT2D eigenvalue weighted by molar-refractivity contribution is -0.225. The van der Waals surface area contributed by atoms with E-state index in [1.54, 1.807) is 0 Å². The van der Waals surface area contributed by atoms with Crippen molar-refractivity contribution in [2.75, 3.05) is 5.75 Å². The van der Waals surface area contributed by atoms with Gasteiger partial charge in [0.1, 0.15) is 6.17 Å². The summed E-state index contributed by atoms with van der Waals surface area (Å²) in [7, 11) is 0. The first-order valence-electron chi connectivity index (χ1n) is 2.97. The third-order valence-electron chi connectivity index (χ3n) is 1.51. The van der Waals surface area contributed by atoms with Crippen molar-refractivity contribution >= 4 is 11.8 Å². The zero-order valence-corrected chi connectivity index (χ0v) is 6.35. The molecule has 0 amide bonds. The van der Waals surface area contributed by atoms with Crippen LogP contribution in [-0.2, 0) is 0 Å².